The van der Waals surface area contributed by atoms with E-state index in [1.165, 1.54) is 11.0 Å². The molecular formula is C27H32ClFN2O4. The van der Waals surface area contributed by atoms with Crippen LogP contribution in [-0.4, -0.2) is 36.0 Å². The number of carbonyl (C=O) groups is 2. The number of nitrogens with zero attached hydrogens (tertiary/aromatic N) is 1. The van der Waals surface area contributed by atoms with E-state index in [2.05, 4.69) is 5.32 Å². The Morgan fingerprint density at radius 3 is 2.60 bits per heavy atom. The molecule has 2 aromatic carbocycles. The number of amides is 2. The summed E-state index contributed by atoms with van der Waals surface area (Å²) in [4.78, 5) is 29.1. The fourth-order valence-electron chi connectivity index (χ4n) is 4.85. The van der Waals surface area contributed by atoms with Crippen molar-refractivity contribution in [3.05, 3.63) is 58.4 Å². The first-order valence-corrected chi connectivity index (χ1v) is 12.6. The maximum atomic E-state index is 14.8. The number of hydrogen-bond donors (Lipinski definition) is 1. The lowest BCUT2D eigenvalue weighted by Crippen LogP contribution is -2.49. The number of nitrogens with one attached hydrogen (secondary N) is 1. The molecule has 1 aliphatic heterocycles. The topological polar surface area (TPSA) is 67.9 Å². The summed E-state index contributed by atoms with van der Waals surface area (Å²) in [6.07, 6.45) is 4.23. The Kier molecular flexibility index (Phi) is 7.85. The van der Waals surface area contributed by atoms with Gasteiger partial charge in [-0.15, -0.1) is 0 Å². The van der Waals surface area contributed by atoms with Crippen LogP contribution in [0.1, 0.15) is 63.1 Å². The molecule has 1 N–H and O–H groups in total. The van der Waals surface area contributed by atoms with Crippen molar-refractivity contribution >= 4 is 23.4 Å². The van der Waals surface area contributed by atoms with Crippen molar-refractivity contribution in [2.24, 2.45) is 5.92 Å². The highest BCUT2D eigenvalue weighted by Gasteiger charge is 2.42. The molecule has 35 heavy (non-hydrogen) atoms. The molecule has 2 amide bonds. The Morgan fingerprint density at radius 1 is 1.20 bits per heavy atom. The van der Waals surface area contributed by atoms with Gasteiger partial charge in [-0.05, 0) is 43.0 Å². The van der Waals surface area contributed by atoms with E-state index in [-0.39, 0.29) is 40.9 Å². The summed E-state index contributed by atoms with van der Waals surface area (Å²) in [5.74, 6) is -0.397. The monoisotopic (exact) mass is 502 g/mol. The van der Waals surface area contributed by atoms with Crippen molar-refractivity contribution in [3.8, 4) is 11.5 Å². The molecule has 0 saturated heterocycles. The van der Waals surface area contributed by atoms with E-state index in [4.69, 9.17) is 21.1 Å². The molecule has 0 bridgehead atoms. The number of rotatable bonds is 6. The quantitative estimate of drug-likeness (QED) is 0.572. The summed E-state index contributed by atoms with van der Waals surface area (Å²) in [7, 11) is 1.55. The maximum Gasteiger partial charge on any atom is 0.265 e. The Balaban J connectivity index is 1.79. The van der Waals surface area contributed by atoms with E-state index >= 15 is 0 Å². The number of carbonyl (C=O) groups excluding carboxylic acids is 2. The maximum absolute atomic E-state index is 14.8. The van der Waals surface area contributed by atoms with Gasteiger partial charge in [0.15, 0.2) is 6.10 Å². The molecule has 188 valence electrons. The lowest BCUT2D eigenvalue weighted by molar-refractivity contribution is -0.147. The molecule has 4 rings (SSSR count). The van der Waals surface area contributed by atoms with Gasteiger partial charge in [-0.25, -0.2) is 4.39 Å². The van der Waals surface area contributed by atoms with Crippen molar-refractivity contribution in [3.63, 3.8) is 0 Å². The first-order valence-electron chi connectivity index (χ1n) is 12.2. The van der Waals surface area contributed by atoms with Gasteiger partial charge < -0.3 is 19.7 Å². The van der Waals surface area contributed by atoms with Gasteiger partial charge in [-0.3, -0.25) is 9.59 Å². The second-order valence-electron chi connectivity index (χ2n) is 9.63. The van der Waals surface area contributed by atoms with E-state index in [0.29, 0.717) is 17.1 Å². The van der Waals surface area contributed by atoms with Gasteiger partial charge in [-0.1, -0.05) is 50.8 Å². The minimum atomic E-state index is -0.982. The zero-order valence-electron chi connectivity index (χ0n) is 20.4. The molecule has 1 aliphatic carbocycles. The van der Waals surface area contributed by atoms with Crippen molar-refractivity contribution in [2.45, 2.75) is 70.7 Å². The molecule has 2 unspecified atom stereocenters. The number of hydrogen-bond acceptors (Lipinski definition) is 4. The highest BCUT2D eigenvalue weighted by molar-refractivity contribution is 6.30. The van der Waals surface area contributed by atoms with Gasteiger partial charge in [0.05, 0.1) is 7.11 Å². The standard InChI is InChI=1S/C27H32ClFN2O4/c1-16(2)25-27(33)31(15-17-9-10-18(28)13-22(17)29)24(26(32)30-19-7-5-4-6-8-19)21-12-11-20(34-3)14-23(21)35-25/h9-14,16,19,24-25H,4-8,15H2,1-3H3,(H,30,32). The predicted molar refractivity (Wildman–Crippen MR) is 132 cm³/mol. The second kappa shape index (κ2) is 10.9. The average Bonchev–Trinajstić information content (AvgIpc) is 2.95. The molecule has 0 spiro atoms. The molecule has 2 atom stereocenters. The van der Waals surface area contributed by atoms with Crippen LogP contribution in [0.3, 0.4) is 0 Å². The van der Waals surface area contributed by atoms with Crippen LogP contribution in [0.2, 0.25) is 5.02 Å². The van der Waals surface area contributed by atoms with Crippen LogP contribution < -0.4 is 14.8 Å². The van der Waals surface area contributed by atoms with Gasteiger partial charge in [0.1, 0.15) is 23.4 Å². The number of methoxy groups -OCH3 is 1. The highest BCUT2D eigenvalue weighted by Crippen LogP contribution is 2.39. The number of fused-ring (bicyclic) bond motifs is 1. The Labute approximate surface area is 210 Å². The van der Waals surface area contributed by atoms with Gasteiger partial charge in [0.2, 0.25) is 5.91 Å². The molecule has 8 heteroatoms. The zero-order chi connectivity index (χ0) is 25.1. The third-order valence-corrected chi connectivity index (χ3v) is 7.00. The molecule has 6 nitrogen and oxygen atoms in total. The van der Waals surface area contributed by atoms with E-state index < -0.39 is 18.0 Å². The largest absolute Gasteiger partial charge is 0.497 e. The summed E-state index contributed by atoms with van der Waals surface area (Å²) in [6, 6.07) is 8.60. The van der Waals surface area contributed by atoms with Gasteiger partial charge >= 0.3 is 0 Å². The number of benzene rings is 2. The average molecular weight is 503 g/mol. The molecule has 1 heterocycles. The molecular weight excluding hydrogens is 471 g/mol. The van der Waals surface area contributed by atoms with E-state index in [1.807, 2.05) is 13.8 Å². The summed E-state index contributed by atoms with van der Waals surface area (Å²) >= 11 is 5.95. The summed E-state index contributed by atoms with van der Waals surface area (Å²) in [6.45, 7) is 3.67. The normalized spacial score (nSPS) is 20.7. The van der Waals surface area contributed by atoms with Crippen molar-refractivity contribution in [2.75, 3.05) is 7.11 Å². The van der Waals surface area contributed by atoms with Crippen LogP contribution >= 0.6 is 11.6 Å². The summed E-state index contributed by atoms with van der Waals surface area (Å²) in [5.41, 5.74) is 0.822. The van der Waals surface area contributed by atoms with Crippen LogP contribution in [-0.2, 0) is 16.1 Å². The smallest absolute Gasteiger partial charge is 0.265 e. The van der Waals surface area contributed by atoms with Gasteiger partial charge in [-0.2, -0.15) is 0 Å². The van der Waals surface area contributed by atoms with Crippen LogP contribution in [0.4, 0.5) is 4.39 Å². The fourth-order valence-corrected chi connectivity index (χ4v) is 5.01. The van der Waals surface area contributed by atoms with Crippen LogP contribution in [0.5, 0.6) is 11.5 Å². The minimum absolute atomic E-state index is 0.0484. The lowest BCUT2D eigenvalue weighted by atomic mass is 9.94. The number of halogens is 2. The first-order chi connectivity index (χ1) is 16.8. The Morgan fingerprint density at radius 2 is 1.94 bits per heavy atom. The second-order valence-corrected chi connectivity index (χ2v) is 10.1. The fraction of sp³-hybridized carbons (Fsp3) is 0.481. The molecule has 2 aliphatic rings. The first kappa shape index (κ1) is 25.3. The zero-order valence-corrected chi connectivity index (χ0v) is 21.1. The Bertz CT molecular complexity index is 1090. The molecule has 2 aromatic rings. The summed E-state index contributed by atoms with van der Waals surface area (Å²) < 4.78 is 26.4. The lowest BCUT2D eigenvalue weighted by Gasteiger charge is -2.33. The predicted octanol–water partition coefficient (Wildman–Crippen LogP) is 5.42. The summed E-state index contributed by atoms with van der Waals surface area (Å²) in [5, 5.41) is 3.42. The third-order valence-electron chi connectivity index (χ3n) is 6.77. The van der Waals surface area contributed by atoms with Crippen LogP contribution in [0.15, 0.2) is 36.4 Å². The van der Waals surface area contributed by atoms with E-state index in [1.54, 1.807) is 37.4 Å². The van der Waals surface area contributed by atoms with Crippen molar-refractivity contribution < 1.29 is 23.5 Å². The van der Waals surface area contributed by atoms with Crippen molar-refractivity contribution in [1.29, 1.82) is 0 Å². The molecule has 0 aromatic heterocycles. The van der Waals surface area contributed by atoms with E-state index in [9.17, 15) is 14.0 Å². The minimum Gasteiger partial charge on any atom is -0.497 e. The highest BCUT2D eigenvalue weighted by atomic mass is 35.5. The number of ether oxygens (including phenoxy) is 2. The molecule has 0 radical (unpaired) electrons. The molecule has 1 fully saturated rings. The SMILES string of the molecule is COc1ccc2c(c1)OC(C(C)C)C(=O)N(Cc1ccc(Cl)cc1F)C2C(=O)NC1CCCCC1. The van der Waals surface area contributed by atoms with E-state index in [0.717, 1.165) is 32.1 Å². The van der Waals surface area contributed by atoms with Gasteiger partial charge in [0.25, 0.3) is 5.91 Å². The van der Waals surface area contributed by atoms with Crippen LogP contribution in [0.25, 0.3) is 0 Å². The third kappa shape index (κ3) is 5.56. The molecule has 1 saturated carbocycles. The van der Waals surface area contributed by atoms with Crippen LogP contribution in [0, 0.1) is 11.7 Å². The Hall–Kier alpha value is -2.80. The van der Waals surface area contributed by atoms with Crippen molar-refractivity contribution in [1.82, 2.24) is 10.2 Å². The van der Waals surface area contributed by atoms with Gasteiger partial charge in [0, 0.05) is 34.8 Å².